The van der Waals surface area contributed by atoms with Gasteiger partial charge in [-0.05, 0) is 18.2 Å². The molecule has 1 fully saturated rings. The number of nitrogens with one attached hydrogen (secondary N) is 1. The standard InChI is InChI=1S/C20H17N5O3/c26-18(17-13-5-1-2-6-14(13)21-19(27)23-17)24-9-11-25(12-10-24)20-22-15-7-3-4-8-16(15)28-20/h1-8H,9-12H2,(H,21,23,27). The summed E-state index contributed by atoms with van der Waals surface area (Å²) in [5.41, 5.74) is 1.84. The van der Waals surface area contributed by atoms with E-state index < -0.39 is 5.69 Å². The Balaban J connectivity index is 1.37. The van der Waals surface area contributed by atoms with E-state index in [4.69, 9.17) is 4.42 Å². The molecule has 3 heterocycles. The number of fused-ring (bicyclic) bond motifs is 2. The SMILES string of the molecule is O=C(c1nc(=O)[nH]c2ccccc12)N1CCN(c2nc3ccccc3o2)CC1. The van der Waals surface area contributed by atoms with E-state index in [1.165, 1.54) is 0 Å². The Morgan fingerprint density at radius 1 is 0.964 bits per heavy atom. The molecule has 2 aromatic heterocycles. The number of rotatable bonds is 2. The first kappa shape index (κ1) is 16.5. The number of para-hydroxylation sites is 3. The molecule has 0 unspecified atom stereocenters. The quantitative estimate of drug-likeness (QED) is 0.576. The monoisotopic (exact) mass is 375 g/mol. The van der Waals surface area contributed by atoms with Crippen LogP contribution in [0.1, 0.15) is 10.5 Å². The van der Waals surface area contributed by atoms with Crippen LogP contribution in [0.15, 0.2) is 57.7 Å². The number of aromatic nitrogens is 3. The third-order valence-electron chi connectivity index (χ3n) is 4.96. The number of amides is 1. The van der Waals surface area contributed by atoms with Crippen molar-refractivity contribution in [2.45, 2.75) is 0 Å². The van der Waals surface area contributed by atoms with Crippen LogP contribution in [-0.2, 0) is 0 Å². The number of H-pyrrole nitrogens is 1. The summed E-state index contributed by atoms with van der Waals surface area (Å²) in [6.45, 7) is 2.19. The van der Waals surface area contributed by atoms with Crippen LogP contribution in [0, 0.1) is 0 Å². The number of anilines is 1. The van der Waals surface area contributed by atoms with Crippen LogP contribution in [0.4, 0.5) is 6.01 Å². The number of hydrogen-bond acceptors (Lipinski definition) is 6. The van der Waals surface area contributed by atoms with Gasteiger partial charge in [-0.25, -0.2) is 4.79 Å². The lowest BCUT2D eigenvalue weighted by molar-refractivity contribution is 0.0741. The van der Waals surface area contributed by atoms with Gasteiger partial charge in [-0.3, -0.25) is 4.79 Å². The van der Waals surface area contributed by atoms with Gasteiger partial charge in [-0.1, -0.05) is 30.3 Å². The van der Waals surface area contributed by atoms with Crippen molar-refractivity contribution in [1.29, 1.82) is 0 Å². The molecule has 0 bridgehead atoms. The molecular weight excluding hydrogens is 358 g/mol. The van der Waals surface area contributed by atoms with Crippen molar-refractivity contribution in [2.24, 2.45) is 0 Å². The Morgan fingerprint density at radius 3 is 2.54 bits per heavy atom. The van der Waals surface area contributed by atoms with Gasteiger partial charge in [0.05, 0.1) is 5.52 Å². The van der Waals surface area contributed by atoms with Gasteiger partial charge >= 0.3 is 5.69 Å². The van der Waals surface area contributed by atoms with Gasteiger partial charge in [0, 0.05) is 31.6 Å². The zero-order valence-electron chi connectivity index (χ0n) is 15.0. The molecule has 0 spiro atoms. The molecule has 8 heteroatoms. The van der Waals surface area contributed by atoms with Crippen molar-refractivity contribution in [1.82, 2.24) is 19.9 Å². The molecule has 0 saturated carbocycles. The second-order valence-corrected chi connectivity index (χ2v) is 6.68. The fourth-order valence-electron chi connectivity index (χ4n) is 3.51. The minimum absolute atomic E-state index is 0.190. The third kappa shape index (κ3) is 2.79. The summed E-state index contributed by atoms with van der Waals surface area (Å²) >= 11 is 0. The minimum Gasteiger partial charge on any atom is -0.423 e. The third-order valence-corrected chi connectivity index (χ3v) is 4.96. The zero-order chi connectivity index (χ0) is 19.1. The molecule has 28 heavy (non-hydrogen) atoms. The molecule has 1 aliphatic heterocycles. The summed E-state index contributed by atoms with van der Waals surface area (Å²) < 4.78 is 5.81. The Hall–Kier alpha value is -3.68. The molecule has 1 amide bonds. The van der Waals surface area contributed by atoms with Crippen LogP contribution in [0.3, 0.4) is 0 Å². The van der Waals surface area contributed by atoms with E-state index in [9.17, 15) is 9.59 Å². The van der Waals surface area contributed by atoms with Crippen LogP contribution in [0.5, 0.6) is 0 Å². The molecule has 0 radical (unpaired) electrons. The lowest BCUT2D eigenvalue weighted by atomic mass is 10.1. The van der Waals surface area contributed by atoms with E-state index in [0.717, 1.165) is 11.1 Å². The molecule has 1 N–H and O–H groups in total. The summed E-state index contributed by atoms with van der Waals surface area (Å²) in [6, 6.07) is 15.4. The zero-order valence-corrected chi connectivity index (χ0v) is 15.0. The second kappa shape index (κ2) is 6.49. The van der Waals surface area contributed by atoms with Crippen molar-refractivity contribution in [3.63, 3.8) is 0 Å². The highest BCUT2D eigenvalue weighted by atomic mass is 16.4. The minimum atomic E-state index is -0.521. The number of oxazole rings is 1. The van der Waals surface area contributed by atoms with Crippen molar-refractivity contribution in [3.05, 3.63) is 64.7 Å². The highest BCUT2D eigenvalue weighted by Gasteiger charge is 2.26. The van der Waals surface area contributed by atoms with Crippen molar-refractivity contribution < 1.29 is 9.21 Å². The summed E-state index contributed by atoms with van der Waals surface area (Å²) in [4.78, 5) is 39.7. The summed E-state index contributed by atoms with van der Waals surface area (Å²) in [5.74, 6) is -0.237. The van der Waals surface area contributed by atoms with Gasteiger partial charge in [-0.15, -0.1) is 0 Å². The average molecular weight is 375 g/mol. The van der Waals surface area contributed by atoms with Crippen molar-refractivity contribution in [2.75, 3.05) is 31.1 Å². The van der Waals surface area contributed by atoms with E-state index in [-0.39, 0.29) is 11.6 Å². The van der Waals surface area contributed by atoms with E-state index in [0.29, 0.717) is 43.1 Å². The molecule has 1 aliphatic rings. The number of hydrogen-bond donors (Lipinski definition) is 1. The number of nitrogens with zero attached hydrogens (tertiary/aromatic N) is 4. The Bertz CT molecular complexity index is 1200. The van der Waals surface area contributed by atoms with E-state index in [2.05, 4.69) is 15.0 Å². The van der Waals surface area contributed by atoms with Crippen LogP contribution < -0.4 is 10.6 Å². The normalized spacial score (nSPS) is 14.7. The predicted octanol–water partition coefficient (Wildman–Crippen LogP) is 2.03. The maximum Gasteiger partial charge on any atom is 0.346 e. The Morgan fingerprint density at radius 2 is 1.71 bits per heavy atom. The number of carbonyl (C=O) groups is 1. The maximum atomic E-state index is 13.0. The van der Waals surface area contributed by atoms with Crippen molar-refractivity contribution in [3.8, 4) is 0 Å². The predicted molar refractivity (Wildman–Crippen MR) is 104 cm³/mol. The van der Waals surface area contributed by atoms with E-state index in [1.54, 1.807) is 17.0 Å². The van der Waals surface area contributed by atoms with Gasteiger partial charge < -0.3 is 19.2 Å². The second-order valence-electron chi connectivity index (χ2n) is 6.68. The topological polar surface area (TPSA) is 95.3 Å². The van der Waals surface area contributed by atoms with Crippen molar-refractivity contribution >= 4 is 33.9 Å². The van der Waals surface area contributed by atoms with E-state index in [1.807, 2.05) is 41.3 Å². The first-order valence-corrected chi connectivity index (χ1v) is 9.08. The van der Waals surface area contributed by atoms with Gasteiger partial charge in [0.1, 0.15) is 11.2 Å². The highest BCUT2D eigenvalue weighted by Crippen LogP contribution is 2.23. The fraction of sp³-hybridized carbons (Fsp3) is 0.200. The van der Waals surface area contributed by atoms with Gasteiger partial charge in [-0.2, -0.15) is 9.97 Å². The first-order chi connectivity index (χ1) is 13.7. The van der Waals surface area contributed by atoms with Crippen LogP contribution in [0.2, 0.25) is 0 Å². The molecule has 5 rings (SSSR count). The fourth-order valence-corrected chi connectivity index (χ4v) is 3.51. The number of piperazine rings is 1. The molecule has 4 aromatic rings. The van der Waals surface area contributed by atoms with Crippen LogP contribution >= 0.6 is 0 Å². The average Bonchev–Trinajstić information content (AvgIpc) is 3.17. The summed E-state index contributed by atoms with van der Waals surface area (Å²) in [7, 11) is 0. The van der Waals surface area contributed by atoms with Gasteiger partial charge in [0.2, 0.25) is 0 Å². The van der Waals surface area contributed by atoms with Gasteiger partial charge in [0.15, 0.2) is 5.58 Å². The van der Waals surface area contributed by atoms with Gasteiger partial charge in [0.25, 0.3) is 11.9 Å². The van der Waals surface area contributed by atoms with E-state index >= 15 is 0 Å². The lowest BCUT2D eigenvalue weighted by Crippen LogP contribution is -2.49. The highest BCUT2D eigenvalue weighted by molar-refractivity contribution is 6.04. The molecule has 2 aromatic carbocycles. The Kier molecular flexibility index (Phi) is 3.82. The summed E-state index contributed by atoms with van der Waals surface area (Å²) in [6.07, 6.45) is 0. The molecule has 140 valence electrons. The maximum absolute atomic E-state index is 13.0. The molecule has 0 atom stereocenters. The first-order valence-electron chi connectivity index (χ1n) is 9.08. The Labute approximate surface area is 159 Å². The molecule has 8 nitrogen and oxygen atoms in total. The van der Waals surface area contributed by atoms with Crippen LogP contribution in [-0.4, -0.2) is 51.9 Å². The molecular formula is C20H17N5O3. The molecule has 1 saturated heterocycles. The number of benzene rings is 2. The number of carbonyl (C=O) groups excluding carboxylic acids is 1. The largest absolute Gasteiger partial charge is 0.423 e. The molecule has 0 aliphatic carbocycles. The lowest BCUT2D eigenvalue weighted by Gasteiger charge is -2.33. The number of aromatic amines is 1. The summed E-state index contributed by atoms with van der Waals surface area (Å²) in [5, 5.41) is 0.647. The smallest absolute Gasteiger partial charge is 0.346 e. The van der Waals surface area contributed by atoms with Crippen LogP contribution in [0.25, 0.3) is 22.0 Å².